The average Bonchev–Trinajstić information content (AvgIpc) is 2.18. The molecule has 1 fully saturated rings. The van der Waals surface area contributed by atoms with E-state index in [1.807, 2.05) is 11.8 Å². The Bertz CT molecular complexity index is 248. The Hall–Kier alpha value is -0.860. The third-order valence-electron chi connectivity index (χ3n) is 2.96. The van der Waals surface area contributed by atoms with E-state index in [0.717, 1.165) is 6.42 Å². The van der Waals surface area contributed by atoms with E-state index in [1.54, 1.807) is 0 Å². The van der Waals surface area contributed by atoms with Crippen LogP contribution in [0.2, 0.25) is 0 Å². The summed E-state index contributed by atoms with van der Waals surface area (Å²) in [6, 6.07) is 0. The van der Waals surface area contributed by atoms with Crippen molar-refractivity contribution < 1.29 is 9.59 Å². The molecule has 1 atom stereocenters. The molecule has 1 unspecified atom stereocenters. The van der Waals surface area contributed by atoms with Gasteiger partial charge in [0.15, 0.2) is 0 Å². The quantitative estimate of drug-likeness (QED) is 0.714. The van der Waals surface area contributed by atoms with Crippen LogP contribution in [0.25, 0.3) is 0 Å². The topological polar surface area (TPSA) is 37.4 Å². The number of nitrogens with zero attached hydrogens (tertiary/aromatic N) is 1. The molecule has 1 aliphatic heterocycles. The van der Waals surface area contributed by atoms with Crippen molar-refractivity contribution in [2.24, 2.45) is 11.8 Å². The van der Waals surface area contributed by atoms with E-state index in [9.17, 15) is 9.59 Å². The van der Waals surface area contributed by atoms with Crippen molar-refractivity contribution in [1.29, 1.82) is 0 Å². The summed E-state index contributed by atoms with van der Waals surface area (Å²) >= 11 is 0. The smallest absolute Gasteiger partial charge is 0.222 e. The number of hydrogen-bond donors (Lipinski definition) is 0. The lowest BCUT2D eigenvalue weighted by Crippen LogP contribution is -2.43. The monoisotopic (exact) mass is 211 g/mol. The number of likely N-dealkylation sites (tertiary alicyclic amines) is 1. The van der Waals surface area contributed by atoms with E-state index in [0.29, 0.717) is 37.6 Å². The van der Waals surface area contributed by atoms with Crippen LogP contribution in [0.4, 0.5) is 0 Å². The van der Waals surface area contributed by atoms with E-state index >= 15 is 0 Å². The number of rotatable bonds is 3. The minimum absolute atomic E-state index is 0.0294. The van der Waals surface area contributed by atoms with Crippen LogP contribution < -0.4 is 0 Å². The molecule has 1 heterocycles. The fourth-order valence-corrected chi connectivity index (χ4v) is 1.81. The van der Waals surface area contributed by atoms with Gasteiger partial charge in [-0.3, -0.25) is 9.59 Å². The fraction of sp³-hybridized carbons (Fsp3) is 0.833. The molecule has 3 nitrogen and oxygen atoms in total. The van der Waals surface area contributed by atoms with Gasteiger partial charge in [0.2, 0.25) is 5.91 Å². The van der Waals surface area contributed by atoms with Gasteiger partial charge in [-0.25, -0.2) is 0 Å². The van der Waals surface area contributed by atoms with Crippen LogP contribution >= 0.6 is 0 Å². The molecule has 0 aromatic heterocycles. The largest absolute Gasteiger partial charge is 0.342 e. The van der Waals surface area contributed by atoms with E-state index < -0.39 is 0 Å². The number of carbonyl (C=O) groups excluding carboxylic acids is 2. The highest BCUT2D eigenvalue weighted by molar-refractivity contribution is 5.85. The van der Waals surface area contributed by atoms with Gasteiger partial charge in [-0.15, -0.1) is 0 Å². The molecule has 0 radical (unpaired) electrons. The maximum absolute atomic E-state index is 11.8. The van der Waals surface area contributed by atoms with Crippen molar-refractivity contribution in [1.82, 2.24) is 4.90 Å². The molecule has 1 amide bonds. The van der Waals surface area contributed by atoms with Gasteiger partial charge in [0.1, 0.15) is 5.78 Å². The molecule has 0 N–H and O–H groups in total. The van der Waals surface area contributed by atoms with Crippen molar-refractivity contribution in [2.45, 2.75) is 40.0 Å². The summed E-state index contributed by atoms with van der Waals surface area (Å²) in [7, 11) is 0. The van der Waals surface area contributed by atoms with Gasteiger partial charge in [-0.05, 0) is 12.3 Å². The van der Waals surface area contributed by atoms with Gasteiger partial charge in [0, 0.05) is 31.8 Å². The number of amides is 1. The SMILES string of the molecule is CC(C)CCC(=O)N1CCC(=O)C(C)C1. The summed E-state index contributed by atoms with van der Waals surface area (Å²) in [5.41, 5.74) is 0. The van der Waals surface area contributed by atoms with Gasteiger partial charge >= 0.3 is 0 Å². The fourth-order valence-electron chi connectivity index (χ4n) is 1.81. The Kier molecular flexibility index (Phi) is 4.30. The first-order valence-electron chi connectivity index (χ1n) is 5.81. The van der Waals surface area contributed by atoms with Crippen LogP contribution in [-0.4, -0.2) is 29.7 Å². The second-order valence-electron chi connectivity index (χ2n) is 4.89. The predicted molar refractivity (Wildman–Crippen MR) is 59.4 cm³/mol. The van der Waals surface area contributed by atoms with Gasteiger partial charge in [0.25, 0.3) is 0 Å². The first-order valence-corrected chi connectivity index (χ1v) is 5.81. The third-order valence-corrected chi connectivity index (χ3v) is 2.96. The summed E-state index contributed by atoms with van der Waals surface area (Å²) < 4.78 is 0. The highest BCUT2D eigenvalue weighted by Crippen LogP contribution is 2.14. The number of carbonyl (C=O) groups is 2. The van der Waals surface area contributed by atoms with E-state index in [4.69, 9.17) is 0 Å². The molecule has 1 rings (SSSR count). The van der Waals surface area contributed by atoms with Crippen molar-refractivity contribution in [3.05, 3.63) is 0 Å². The second-order valence-corrected chi connectivity index (χ2v) is 4.89. The third kappa shape index (κ3) is 3.65. The minimum Gasteiger partial charge on any atom is -0.342 e. The maximum atomic E-state index is 11.8. The molecule has 3 heteroatoms. The number of ketones is 1. The van der Waals surface area contributed by atoms with Crippen LogP contribution in [0.5, 0.6) is 0 Å². The van der Waals surface area contributed by atoms with Crippen LogP contribution in [0.1, 0.15) is 40.0 Å². The Morgan fingerprint density at radius 2 is 2.20 bits per heavy atom. The Morgan fingerprint density at radius 3 is 2.73 bits per heavy atom. The van der Waals surface area contributed by atoms with Gasteiger partial charge < -0.3 is 4.90 Å². The zero-order valence-corrected chi connectivity index (χ0v) is 9.95. The highest BCUT2D eigenvalue weighted by atomic mass is 16.2. The average molecular weight is 211 g/mol. The lowest BCUT2D eigenvalue weighted by atomic mass is 9.98. The molecule has 0 bridgehead atoms. The highest BCUT2D eigenvalue weighted by Gasteiger charge is 2.26. The van der Waals surface area contributed by atoms with Crippen molar-refractivity contribution in [3.63, 3.8) is 0 Å². The van der Waals surface area contributed by atoms with E-state index in [-0.39, 0.29) is 11.8 Å². The first kappa shape index (κ1) is 12.2. The molecule has 0 aromatic rings. The normalized spacial score (nSPS) is 22.3. The van der Waals surface area contributed by atoms with E-state index in [1.165, 1.54) is 0 Å². The summed E-state index contributed by atoms with van der Waals surface area (Å²) in [6.07, 6.45) is 2.10. The Morgan fingerprint density at radius 1 is 1.53 bits per heavy atom. The Balaban J connectivity index is 2.37. The summed E-state index contributed by atoms with van der Waals surface area (Å²) in [5.74, 6) is 1.10. The van der Waals surface area contributed by atoms with Gasteiger partial charge in [0.05, 0.1) is 0 Å². The molecular formula is C12H21NO2. The second kappa shape index (κ2) is 5.29. The van der Waals surface area contributed by atoms with Crippen molar-refractivity contribution in [2.75, 3.05) is 13.1 Å². The molecule has 0 spiro atoms. The lowest BCUT2D eigenvalue weighted by Gasteiger charge is -2.30. The zero-order chi connectivity index (χ0) is 11.4. The Labute approximate surface area is 91.8 Å². The zero-order valence-electron chi connectivity index (χ0n) is 9.95. The summed E-state index contributed by atoms with van der Waals surface area (Å²) in [6.45, 7) is 7.39. The van der Waals surface area contributed by atoms with Crippen LogP contribution in [0.3, 0.4) is 0 Å². The molecule has 1 saturated heterocycles. The van der Waals surface area contributed by atoms with Gasteiger partial charge in [-0.1, -0.05) is 20.8 Å². The molecule has 86 valence electrons. The molecule has 0 aliphatic carbocycles. The lowest BCUT2D eigenvalue weighted by molar-refractivity contribution is -0.137. The molecule has 15 heavy (non-hydrogen) atoms. The maximum Gasteiger partial charge on any atom is 0.222 e. The number of piperidine rings is 1. The molecule has 0 saturated carbocycles. The summed E-state index contributed by atoms with van der Waals surface area (Å²) in [4.78, 5) is 24.9. The van der Waals surface area contributed by atoms with E-state index in [2.05, 4.69) is 13.8 Å². The molecule has 1 aliphatic rings. The molecular weight excluding hydrogens is 190 g/mol. The van der Waals surface area contributed by atoms with Crippen LogP contribution in [0, 0.1) is 11.8 Å². The van der Waals surface area contributed by atoms with Crippen molar-refractivity contribution in [3.8, 4) is 0 Å². The number of hydrogen-bond acceptors (Lipinski definition) is 2. The van der Waals surface area contributed by atoms with Crippen molar-refractivity contribution >= 4 is 11.7 Å². The predicted octanol–water partition coefficient (Wildman–Crippen LogP) is 1.86. The molecule has 0 aromatic carbocycles. The summed E-state index contributed by atoms with van der Waals surface area (Å²) in [5, 5.41) is 0. The van der Waals surface area contributed by atoms with Gasteiger partial charge in [-0.2, -0.15) is 0 Å². The standard InChI is InChI=1S/C12H21NO2/c1-9(2)4-5-12(15)13-7-6-11(14)10(3)8-13/h9-10H,4-8H2,1-3H3. The first-order chi connectivity index (χ1) is 7.00. The van der Waals surface area contributed by atoms with Crippen LogP contribution in [-0.2, 0) is 9.59 Å². The van der Waals surface area contributed by atoms with Crippen LogP contribution in [0.15, 0.2) is 0 Å². The minimum atomic E-state index is 0.0294. The number of Topliss-reactive ketones (excluding diaryl/α,β-unsaturated/α-hetero) is 1.